The molecule has 0 bridgehead atoms. The molecular weight excluding hydrogens is 258 g/mol. The molecule has 1 atom stereocenters. The lowest BCUT2D eigenvalue weighted by atomic mass is 10.1. The molecule has 1 saturated carbocycles. The Bertz CT molecular complexity index is 298. The molecule has 2 rings (SSSR count). The normalized spacial score (nSPS) is 18.5. The van der Waals surface area contributed by atoms with Crippen LogP contribution in [-0.2, 0) is 0 Å². The van der Waals surface area contributed by atoms with Crippen molar-refractivity contribution in [1.82, 2.24) is 5.32 Å². The molecule has 1 aromatic rings. The van der Waals surface area contributed by atoms with Gasteiger partial charge in [0.1, 0.15) is 0 Å². The van der Waals surface area contributed by atoms with E-state index in [1.54, 1.807) is 0 Å². The summed E-state index contributed by atoms with van der Waals surface area (Å²) >= 11 is 5.46. The predicted octanol–water partition coefficient (Wildman–Crippen LogP) is 3.88. The van der Waals surface area contributed by atoms with Gasteiger partial charge in [0.2, 0.25) is 0 Å². The lowest BCUT2D eigenvalue weighted by molar-refractivity contribution is 0.522. The number of halogens is 1. The zero-order chi connectivity index (χ0) is 10.1. The first-order valence-electron chi connectivity index (χ1n) is 5.13. The van der Waals surface area contributed by atoms with E-state index in [9.17, 15) is 0 Å². The monoisotopic (exact) mass is 273 g/mol. The molecule has 1 aromatic heterocycles. The molecule has 0 spiro atoms. The van der Waals surface area contributed by atoms with E-state index >= 15 is 0 Å². The minimum Gasteiger partial charge on any atom is -0.312 e. The SMILES string of the molecule is CNC(CC1CC1)c1cc(C)c(Br)s1. The van der Waals surface area contributed by atoms with E-state index < -0.39 is 0 Å². The largest absolute Gasteiger partial charge is 0.312 e. The maximum atomic E-state index is 3.59. The van der Waals surface area contributed by atoms with E-state index in [1.807, 2.05) is 11.3 Å². The quantitative estimate of drug-likeness (QED) is 0.878. The minimum atomic E-state index is 0.567. The van der Waals surface area contributed by atoms with Gasteiger partial charge in [0.15, 0.2) is 0 Å². The highest BCUT2D eigenvalue weighted by molar-refractivity contribution is 9.11. The molecule has 1 nitrogen and oxygen atoms in total. The van der Waals surface area contributed by atoms with Crippen LogP contribution in [0.25, 0.3) is 0 Å². The Morgan fingerprint density at radius 2 is 2.36 bits per heavy atom. The molecule has 0 radical (unpaired) electrons. The van der Waals surface area contributed by atoms with Crippen LogP contribution in [0.15, 0.2) is 9.85 Å². The van der Waals surface area contributed by atoms with Crippen LogP contribution in [-0.4, -0.2) is 7.05 Å². The minimum absolute atomic E-state index is 0.567. The Hall–Kier alpha value is 0.140. The van der Waals surface area contributed by atoms with Crippen molar-refractivity contribution in [2.24, 2.45) is 5.92 Å². The van der Waals surface area contributed by atoms with Gasteiger partial charge in [-0.25, -0.2) is 0 Å². The Morgan fingerprint density at radius 1 is 1.64 bits per heavy atom. The van der Waals surface area contributed by atoms with Crippen molar-refractivity contribution in [3.63, 3.8) is 0 Å². The first-order valence-corrected chi connectivity index (χ1v) is 6.74. The molecule has 1 fully saturated rings. The summed E-state index contributed by atoms with van der Waals surface area (Å²) in [6, 6.07) is 2.87. The van der Waals surface area contributed by atoms with Crippen LogP contribution < -0.4 is 5.32 Å². The zero-order valence-electron chi connectivity index (χ0n) is 8.64. The molecule has 1 heterocycles. The van der Waals surface area contributed by atoms with Crippen LogP contribution in [0.3, 0.4) is 0 Å². The predicted molar refractivity (Wildman–Crippen MR) is 65.9 cm³/mol. The van der Waals surface area contributed by atoms with Crippen molar-refractivity contribution in [3.05, 3.63) is 20.3 Å². The molecule has 0 aromatic carbocycles. The molecule has 78 valence electrons. The van der Waals surface area contributed by atoms with Crippen LogP contribution in [0, 0.1) is 12.8 Å². The van der Waals surface area contributed by atoms with Crippen molar-refractivity contribution in [2.45, 2.75) is 32.2 Å². The fraction of sp³-hybridized carbons (Fsp3) is 0.636. The van der Waals surface area contributed by atoms with Gasteiger partial charge >= 0.3 is 0 Å². The molecule has 0 amide bonds. The second kappa shape index (κ2) is 4.33. The Kier molecular flexibility index (Phi) is 3.30. The van der Waals surface area contributed by atoms with Gasteiger partial charge in [-0.05, 0) is 53.9 Å². The molecule has 0 saturated heterocycles. The standard InChI is InChI=1S/C11H16BrNS/c1-7-5-10(14-11(7)12)9(13-2)6-8-3-4-8/h5,8-9,13H,3-4,6H2,1-2H3. The van der Waals surface area contributed by atoms with E-state index in [0.29, 0.717) is 6.04 Å². The summed E-state index contributed by atoms with van der Waals surface area (Å²) in [6.45, 7) is 2.16. The summed E-state index contributed by atoms with van der Waals surface area (Å²) < 4.78 is 1.28. The second-order valence-corrected chi connectivity index (χ2v) is 6.53. The van der Waals surface area contributed by atoms with Crippen LogP contribution in [0.5, 0.6) is 0 Å². The fourth-order valence-corrected chi connectivity index (χ4v) is 3.41. The van der Waals surface area contributed by atoms with Gasteiger partial charge < -0.3 is 5.32 Å². The van der Waals surface area contributed by atoms with Gasteiger partial charge in [-0.1, -0.05) is 12.8 Å². The summed E-state index contributed by atoms with van der Waals surface area (Å²) in [5.41, 5.74) is 1.36. The molecule has 3 heteroatoms. The van der Waals surface area contributed by atoms with Crippen molar-refractivity contribution in [3.8, 4) is 0 Å². The van der Waals surface area contributed by atoms with E-state index in [2.05, 4.69) is 41.3 Å². The molecule has 1 aliphatic rings. The number of hydrogen-bond donors (Lipinski definition) is 1. The van der Waals surface area contributed by atoms with Crippen molar-refractivity contribution < 1.29 is 0 Å². The first-order chi connectivity index (χ1) is 6.70. The third-order valence-corrected chi connectivity index (χ3v) is 5.08. The number of thiophene rings is 1. The number of nitrogens with one attached hydrogen (secondary N) is 1. The Labute approximate surface area is 98.0 Å². The number of hydrogen-bond acceptors (Lipinski definition) is 2. The summed E-state index contributed by atoms with van der Waals surface area (Å²) in [4.78, 5) is 1.48. The van der Waals surface area contributed by atoms with Crippen molar-refractivity contribution in [1.29, 1.82) is 0 Å². The highest BCUT2D eigenvalue weighted by Crippen LogP contribution is 2.40. The zero-order valence-corrected chi connectivity index (χ0v) is 11.0. The van der Waals surface area contributed by atoms with E-state index in [1.165, 1.54) is 33.5 Å². The van der Waals surface area contributed by atoms with E-state index in [4.69, 9.17) is 0 Å². The molecule has 1 aliphatic carbocycles. The van der Waals surface area contributed by atoms with Crippen molar-refractivity contribution in [2.75, 3.05) is 7.05 Å². The first kappa shape index (κ1) is 10.7. The summed E-state index contributed by atoms with van der Waals surface area (Å²) in [5, 5.41) is 3.42. The summed E-state index contributed by atoms with van der Waals surface area (Å²) in [6.07, 6.45) is 4.18. The van der Waals surface area contributed by atoms with Gasteiger partial charge in [-0.15, -0.1) is 11.3 Å². The summed E-state index contributed by atoms with van der Waals surface area (Å²) in [5.74, 6) is 0.980. The van der Waals surface area contributed by atoms with Crippen LogP contribution in [0.2, 0.25) is 0 Å². The smallest absolute Gasteiger partial charge is 0.0731 e. The fourth-order valence-electron chi connectivity index (χ4n) is 1.72. The Balaban J connectivity index is 2.08. The molecule has 14 heavy (non-hydrogen) atoms. The Morgan fingerprint density at radius 3 is 2.79 bits per heavy atom. The maximum absolute atomic E-state index is 3.59. The molecule has 1 unspecified atom stereocenters. The number of rotatable bonds is 4. The van der Waals surface area contributed by atoms with Gasteiger partial charge in [0.05, 0.1) is 3.79 Å². The van der Waals surface area contributed by atoms with Crippen LogP contribution in [0.4, 0.5) is 0 Å². The lowest BCUT2D eigenvalue weighted by Gasteiger charge is -2.13. The van der Waals surface area contributed by atoms with Gasteiger partial charge in [0, 0.05) is 10.9 Å². The van der Waals surface area contributed by atoms with Gasteiger partial charge in [-0.3, -0.25) is 0 Å². The van der Waals surface area contributed by atoms with E-state index in [-0.39, 0.29) is 0 Å². The average molecular weight is 274 g/mol. The molecule has 0 aliphatic heterocycles. The molecule has 1 N–H and O–H groups in total. The highest BCUT2D eigenvalue weighted by atomic mass is 79.9. The summed E-state index contributed by atoms with van der Waals surface area (Å²) in [7, 11) is 2.07. The average Bonchev–Trinajstić information content (AvgIpc) is 2.91. The van der Waals surface area contributed by atoms with Gasteiger partial charge in [-0.2, -0.15) is 0 Å². The highest BCUT2D eigenvalue weighted by Gasteiger charge is 2.26. The van der Waals surface area contributed by atoms with Crippen LogP contribution >= 0.6 is 27.3 Å². The van der Waals surface area contributed by atoms with Crippen LogP contribution in [0.1, 0.15) is 35.7 Å². The second-order valence-electron chi connectivity index (χ2n) is 4.13. The third-order valence-electron chi connectivity index (χ3n) is 2.83. The lowest BCUT2D eigenvalue weighted by Crippen LogP contribution is -2.15. The number of aryl methyl sites for hydroxylation is 1. The maximum Gasteiger partial charge on any atom is 0.0731 e. The third kappa shape index (κ3) is 2.38. The van der Waals surface area contributed by atoms with Gasteiger partial charge in [0.25, 0.3) is 0 Å². The van der Waals surface area contributed by atoms with E-state index in [0.717, 1.165) is 5.92 Å². The van der Waals surface area contributed by atoms with Crippen molar-refractivity contribution >= 4 is 27.3 Å². The topological polar surface area (TPSA) is 12.0 Å². The molecular formula is C11H16BrNS.